The van der Waals surface area contributed by atoms with Crippen LogP contribution in [-0.4, -0.2) is 56.3 Å². The van der Waals surface area contributed by atoms with Crippen LogP contribution in [0.2, 0.25) is 0 Å². The van der Waals surface area contributed by atoms with Crippen LogP contribution in [0.5, 0.6) is 0 Å². The van der Waals surface area contributed by atoms with Crippen molar-refractivity contribution in [3.8, 4) is 0 Å². The van der Waals surface area contributed by atoms with E-state index in [1.165, 1.54) is 25.7 Å². The number of hydrogen-bond acceptors (Lipinski definition) is 5. The van der Waals surface area contributed by atoms with Crippen LogP contribution in [0.4, 0.5) is 0 Å². The van der Waals surface area contributed by atoms with Gasteiger partial charge in [-0.2, -0.15) is 0 Å². The molecule has 2 atom stereocenters. The SMILES string of the molecule is CCOC(CCNC(=NC)N(C)Cc1csc(C(C)OC)n1)C1CCCC1.I. The van der Waals surface area contributed by atoms with Gasteiger partial charge in [0, 0.05) is 39.7 Å². The summed E-state index contributed by atoms with van der Waals surface area (Å²) in [5, 5.41) is 6.60. The maximum Gasteiger partial charge on any atom is 0.193 e. The predicted molar refractivity (Wildman–Crippen MR) is 128 cm³/mol. The zero-order chi connectivity index (χ0) is 19.6. The van der Waals surface area contributed by atoms with E-state index in [-0.39, 0.29) is 30.1 Å². The zero-order valence-corrected chi connectivity index (χ0v) is 21.1. The van der Waals surface area contributed by atoms with E-state index < -0.39 is 0 Å². The van der Waals surface area contributed by atoms with Crippen molar-refractivity contribution in [1.29, 1.82) is 0 Å². The summed E-state index contributed by atoms with van der Waals surface area (Å²) in [5.74, 6) is 1.62. The fraction of sp³-hybridized carbons (Fsp3) is 0.800. The number of nitrogens with zero attached hydrogens (tertiary/aromatic N) is 3. The Morgan fingerprint density at radius 1 is 1.43 bits per heavy atom. The second-order valence-corrected chi connectivity index (χ2v) is 8.10. The molecule has 6 nitrogen and oxygen atoms in total. The minimum Gasteiger partial charge on any atom is -0.378 e. The Kier molecular flexibility index (Phi) is 12.5. The molecule has 1 aliphatic carbocycles. The Balaban J connectivity index is 0.00000392. The van der Waals surface area contributed by atoms with E-state index in [4.69, 9.17) is 9.47 Å². The normalized spacial score (nSPS) is 17.2. The molecule has 0 aromatic carbocycles. The number of guanidine groups is 1. The first-order valence-electron chi connectivity index (χ1n) is 10.1. The Labute approximate surface area is 191 Å². The monoisotopic (exact) mass is 524 g/mol. The number of methoxy groups -OCH3 is 1. The highest BCUT2D eigenvalue weighted by Crippen LogP contribution is 2.30. The van der Waals surface area contributed by atoms with Crippen LogP contribution in [0, 0.1) is 5.92 Å². The van der Waals surface area contributed by atoms with Crippen LogP contribution in [0.1, 0.15) is 62.8 Å². The summed E-state index contributed by atoms with van der Waals surface area (Å²) in [6.07, 6.45) is 6.75. The average Bonchev–Trinajstić information content (AvgIpc) is 3.35. The molecule has 0 amide bonds. The van der Waals surface area contributed by atoms with Crippen LogP contribution in [0.25, 0.3) is 0 Å². The first-order valence-corrected chi connectivity index (χ1v) is 11.0. The molecule has 1 N–H and O–H groups in total. The van der Waals surface area contributed by atoms with Gasteiger partial charge in [-0.1, -0.05) is 12.8 Å². The molecule has 0 radical (unpaired) electrons. The fourth-order valence-electron chi connectivity index (χ4n) is 3.71. The number of aromatic nitrogens is 1. The molecule has 1 fully saturated rings. The average molecular weight is 525 g/mol. The molecule has 28 heavy (non-hydrogen) atoms. The number of nitrogens with one attached hydrogen (secondary N) is 1. The number of aliphatic imine (C=N–C) groups is 1. The summed E-state index contributed by atoms with van der Waals surface area (Å²) in [6.45, 7) is 6.51. The molecule has 0 saturated heterocycles. The van der Waals surface area contributed by atoms with Crippen molar-refractivity contribution in [2.24, 2.45) is 10.9 Å². The number of thiazole rings is 1. The summed E-state index contributed by atoms with van der Waals surface area (Å²) in [4.78, 5) is 11.2. The third-order valence-electron chi connectivity index (χ3n) is 5.26. The quantitative estimate of drug-likeness (QED) is 0.278. The Bertz CT molecular complexity index is 578. The summed E-state index contributed by atoms with van der Waals surface area (Å²) in [6, 6.07) is 0. The van der Waals surface area contributed by atoms with Gasteiger partial charge in [-0.3, -0.25) is 4.99 Å². The van der Waals surface area contributed by atoms with Gasteiger partial charge < -0.3 is 19.7 Å². The van der Waals surface area contributed by atoms with Gasteiger partial charge in [0.2, 0.25) is 0 Å². The molecule has 0 bridgehead atoms. The minimum atomic E-state index is 0. The van der Waals surface area contributed by atoms with E-state index in [2.05, 4.69) is 32.5 Å². The molecule has 0 spiro atoms. The zero-order valence-electron chi connectivity index (χ0n) is 17.9. The summed E-state index contributed by atoms with van der Waals surface area (Å²) >= 11 is 1.65. The minimum absolute atomic E-state index is 0. The molecule has 1 saturated carbocycles. The summed E-state index contributed by atoms with van der Waals surface area (Å²) in [7, 11) is 5.59. The molecule has 162 valence electrons. The number of rotatable bonds is 10. The first-order chi connectivity index (χ1) is 13.1. The standard InChI is InChI=1S/C20H36N4O2S.HI/c1-6-26-18(16-9-7-8-10-16)11-12-22-20(21-3)24(4)13-17-14-27-19(23-17)15(2)25-5;/h14-16,18H,6-13H2,1-5H3,(H,21,22);1H. The first kappa shape index (κ1) is 25.6. The van der Waals surface area contributed by atoms with Crippen LogP contribution in [-0.2, 0) is 16.0 Å². The fourth-order valence-corrected chi connectivity index (χ4v) is 4.55. The smallest absolute Gasteiger partial charge is 0.193 e. The van der Waals surface area contributed by atoms with Crippen molar-refractivity contribution in [2.45, 2.75) is 64.7 Å². The Morgan fingerprint density at radius 2 is 2.14 bits per heavy atom. The van der Waals surface area contributed by atoms with E-state index in [0.29, 0.717) is 6.10 Å². The van der Waals surface area contributed by atoms with Crippen molar-refractivity contribution in [1.82, 2.24) is 15.2 Å². The van der Waals surface area contributed by atoms with Gasteiger partial charge in [-0.05, 0) is 39.0 Å². The largest absolute Gasteiger partial charge is 0.378 e. The van der Waals surface area contributed by atoms with E-state index in [1.807, 2.05) is 21.0 Å². The highest BCUT2D eigenvalue weighted by Gasteiger charge is 2.25. The lowest BCUT2D eigenvalue weighted by Gasteiger charge is -2.25. The molecule has 0 aliphatic heterocycles. The lowest BCUT2D eigenvalue weighted by atomic mass is 9.98. The van der Waals surface area contributed by atoms with Gasteiger partial charge in [-0.15, -0.1) is 35.3 Å². The van der Waals surface area contributed by atoms with Gasteiger partial charge in [0.25, 0.3) is 0 Å². The van der Waals surface area contributed by atoms with E-state index in [0.717, 1.165) is 48.7 Å². The topological polar surface area (TPSA) is 59.0 Å². The van der Waals surface area contributed by atoms with Crippen molar-refractivity contribution in [3.05, 3.63) is 16.1 Å². The third-order valence-corrected chi connectivity index (χ3v) is 6.32. The van der Waals surface area contributed by atoms with Gasteiger partial charge in [0.05, 0.1) is 18.3 Å². The van der Waals surface area contributed by atoms with Crippen molar-refractivity contribution < 1.29 is 9.47 Å². The molecular formula is C20H37IN4O2S. The molecule has 8 heteroatoms. The second kappa shape index (κ2) is 13.7. The molecular weight excluding hydrogens is 487 g/mol. The molecule has 2 unspecified atom stereocenters. The molecule has 1 aliphatic rings. The van der Waals surface area contributed by atoms with E-state index in [9.17, 15) is 0 Å². The van der Waals surface area contributed by atoms with Gasteiger partial charge >= 0.3 is 0 Å². The molecule has 1 heterocycles. The van der Waals surface area contributed by atoms with E-state index in [1.54, 1.807) is 18.4 Å². The van der Waals surface area contributed by atoms with Crippen molar-refractivity contribution in [2.75, 3.05) is 34.4 Å². The van der Waals surface area contributed by atoms with Crippen molar-refractivity contribution in [3.63, 3.8) is 0 Å². The number of hydrogen-bond donors (Lipinski definition) is 1. The second-order valence-electron chi connectivity index (χ2n) is 7.21. The van der Waals surface area contributed by atoms with E-state index >= 15 is 0 Å². The number of halogens is 1. The highest BCUT2D eigenvalue weighted by atomic mass is 127. The Hall–Kier alpha value is -0.450. The van der Waals surface area contributed by atoms with Crippen molar-refractivity contribution >= 4 is 41.3 Å². The predicted octanol–water partition coefficient (Wildman–Crippen LogP) is 4.46. The van der Waals surface area contributed by atoms with Crippen LogP contribution in [0.15, 0.2) is 10.4 Å². The molecule has 2 rings (SSSR count). The maximum absolute atomic E-state index is 6.02. The summed E-state index contributed by atoms with van der Waals surface area (Å²) in [5.41, 5.74) is 1.04. The van der Waals surface area contributed by atoms with Crippen LogP contribution in [0.3, 0.4) is 0 Å². The van der Waals surface area contributed by atoms with Crippen LogP contribution >= 0.6 is 35.3 Å². The lowest BCUT2D eigenvalue weighted by Crippen LogP contribution is -2.40. The molecule has 1 aromatic rings. The third kappa shape index (κ3) is 7.76. The van der Waals surface area contributed by atoms with Crippen LogP contribution < -0.4 is 5.32 Å². The van der Waals surface area contributed by atoms with Gasteiger partial charge in [-0.25, -0.2) is 4.98 Å². The summed E-state index contributed by atoms with van der Waals surface area (Å²) < 4.78 is 11.4. The Morgan fingerprint density at radius 3 is 2.75 bits per heavy atom. The van der Waals surface area contributed by atoms with Gasteiger partial charge in [0.15, 0.2) is 5.96 Å². The number of ether oxygens (including phenoxy) is 2. The van der Waals surface area contributed by atoms with Gasteiger partial charge in [0.1, 0.15) is 11.1 Å². The molecule has 1 aromatic heterocycles. The highest BCUT2D eigenvalue weighted by molar-refractivity contribution is 14.0. The lowest BCUT2D eigenvalue weighted by molar-refractivity contribution is 0.0169. The maximum atomic E-state index is 6.02.